The Kier molecular flexibility index (Phi) is 4.49. The van der Waals surface area contributed by atoms with Crippen molar-refractivity contribution in [3.8, 4) is 0 Å². The lowest BCUT2D eigenvalue weighted by Crippen LogP contribution is -2.48. The maximum atomic E-state index is 12.3. The number of aromatic nitrogens is 1. The summed E-state index contributed by atoms with van der Waals surface area (Å²) in [5.74, 6) is -1.24. The van der Waals surface area contributed by atoms with Crippen LogP contribution >= 0.6 is 11.3 Å². The first kappa shape index (κ1) is 14.0. The molecule has 2 heterocycles. The monoisotopic (exact) mass is 284 g/mol. The van der Waals surface area contributed by atoms with Crippen LogP contribution in [0.15, 0.2) is 5.38 Å². The molecular weight excluding hydrogens is 268 g/mol. The van der Waals surface area contributed by atoms with Gasteiger partial charge in [0.2, 0.25) is 0 Å². The van der Waals surface area contributed by atoms with Crippen molar-refractivity contribution in [2.24, 2.45) is 0 Å². The fourth-order valence-electron chi connectivity index (χ4n) is 2.18. The Bertz CT molecular complexity index is 474. The number of nitrogens with zero attached hydrogens (tertiary/aromatic N) is 2. The van der Waals surface area contributed by atoms with E-state index >= 15 is 0 Å². The van der Waals surface area contributed by atoms with Crippen LogP contribution in [0.1, 0.15) is 34.8 Å². The van der Waals surface area contributed by atoms with Crippen LogP contribution in [0, 0.1) is 0 Å². The van der Waals surface area contributed by atoms with Gasteiger partial charge in [-0.25, -0.2) is 9.78 Å². The maximum absolute atomic E-state index is 12.3. The Hall–Kier alpha value is -1.47. The topological polar surface area (TPSA) is 79.7 Å². The Morgan fingerprint density at radius 3 is 3.05 bits per heavy atom. The van der Waals surface area contributed by atoms with Crippen LogP contribution in [-0.4, -0.2) is 46.6 Å². The van der Waals surface area contributed by atoms with Gasteiger partial charge < -0.3 is 14.7 Å². The molecule has 19 heavy (non-hydrogen) atoms. The standard InChI is InChI=1S/C12H16N2O4S/c1-18-6-10-13-8(7-19-10)11(15)14-5-3-2-4-9(14)12(16)17/h7,9H,2-6H2,1H3,(H,16,17). The fraction of sp³-hybridized carbons (Fsp3) is 0.583. The Labute approximate surface area is 115 Å². The van der Waals surface area contributed by atoms with Crippen molar-refractivity contribution in [1.29, 1.82) is 0 Å². The normalized spacial score (nSPS) is 19.4. The SMILES string of the molecule is COCc1nc(C(=O)N2CCCCC2C(=O)O)cs1. The summed E-state index contributed by atoms with van der Waals surface area (Å²) in [5.41, 5.74) is 0.310. The van der Waals surface area contributed by atoms with Gasteiger partial charge in [0.15, 0.2) is 0 Å². The molecule has 0 bridgehead atoms. The Balaban J connectivity index is 2.14. The van der Waals surface area contributed by atoms with E-state index in [0.29, 0.717) is 25.3 Å². The molecule has 1 N–H and O–H groups in total. The number of amides is 1. The molecule has 1 aromatic rings. The van der Waals surface area contributed by atoms with Gasteiger partial charge in [-0.05, 0) is 19.3 Å². The molecule has 104 valence electrons. The first-order chi connectivity index (χ1) is 9.13. The summed E-state index contributed by atoms with van der Waals surface area (Å²) in [6, 6.07) is -0.728. The lowest BCUT2D eigenvalue weighted by molar-refractivity contribution is -0.143. The van der Waals surface area contributed by atoms with Crippen molar-refractivity contribution in [3.63, 3.8) is 0 Å². The zero-order valence-electron chi connectivity index (χ0n) is 10.7. The lowest BCUT2D eigenvalue weighted by atomic mass is 10.0. The highest BCUT2D eigenvalue weighted by Crippen LogP contribution is 2.21. The largest absolute Gasteiger partial charge is 0.480 e. The van der Waals surface area contributed by atoms with E-state index in [4.69, 9.17) is 9.84 Å². The molecule has 1 atom stereocenters. The number of hydrogen-bond donors (Lipinski definition) is 1. The number of thiazole rings is 1. The third-order valence-corrected chi connectivity index (χ3v) is 3.91. The van der Waals surface area contributed by atoms with Crippen molar-refractivity contribution >= 4 is 23.2 Å². The van der Waals surface area contributed by atoms with Crippen molar-refractivity contribution in [2.45, 2.75) is 31.9 Å². The van der Waals surface area contributed by atoms with Crippen molar-refractivity contribution in [3.05, 3.63) is 16.1 Å². The zero-order chi connectivity index (χ0) is 13.8. The molecule has 0 radical (unpaired) electrons. The number of hydrogen-bond acceptors (Lipinski definition) is 5. The minimum absolute atomic E-state index is 0.300. The van der Waals surface area contributed by atoms with E-state index in [-0.39, 0.29) is 5.91 Å². The summed E-state index contributed by atoms with van der Waals surface area (Å²) in [6.45, 7) is 0.841. The van der Waals surface area contributed by atoms with E-state index in [0.717, 1.165) is 17.8 Å². The van der Waals surface area contributed by atoms with Gasteiger partial charge in [0.05, 0.1) is 6.61 Å². The molecule has 1 amide bonds. The number of aliphatic carboxylic acids is 1. The molecule has 1 unspecified atom stereocenters. The van der Waals surface area contributed by atoms with Crippen LogP contribution in [-0.2, 0) is 16.1 Å². The van der Waals surface area contributed by atoms with Crippen molar-refractivity contribution in [1.82, 2.24) is 9.88 Å². The predicted octanol–water partition coefficient (Wildman–Crippen LogP) is 1.37. The van der Waals surface area contributed by atoms with Crippen molar-refractivity contribution < 1.29 is 19.4 Å². The minimum atomic E-state index is -0.944. The first-order valence-electron chi connectivity index (χ1n) is 6.10. The van der Waals surface area contributed by atoms with E-state index in [1.165, 1.54) is 16.2 Å². The second kappa shape index (κ2) is 6.12. The summed E-state index contributed by atoms with van der Waals surface area (Å²) in [5, 5.41) is 11.5. The van der Waals surface area contributed by atoms with Crippen LogP contribution in [0.25, 0.3) is 0 Å². The number of carboxylic acids is 1. The molecule has 0 saturated carbocycles. The number of rotatable bonds is 4. The number of carbonyl (C=O) groups excluding carboxylic acids is 1. The quantitative estimate of drug-likeness (QED) is 0.903. The number of carboxylic acid groups (broad SMARTS) is 1. The average Bonchev–Trinajstić information content (AvgIpc) is 2.87. The number of carbonyl (C=O) groups is 2. The Morgan fingerprint density at radius 2 is 2.37 bits per heavy atom. The van der Waals surface area contributed by atoms with Gasteiger partial charge in [-0.2, -0.15) is 0 Å². The number of likely N-dealkylation sites (tertiary alicyclic amines) is 1. The van der Waals surface area contributed by atoms with Crippen LogP contribution in [0.4, 0.5) is 0 Å². The number of methoxy groups -OCH3 is 1. The second-order valence-electron chi connectivity index (χ2n) is 4.41. The molecule has 7 heteroatoms. The van der Waals surface area contributed by atoms with Crippen LogP contribution in [0.2, 0.25) is 0 Å². The summed E-state index contributed by atoms with van der Waals surface area (Å²) in [7, 11) is 1.56. The highest BCUT2D eigenvalue weighted by molar-refractivity contribution is 7.09. The zero-order valence-corrected chi connectivity index (χ0v) is 11.5. The molecule has 0 spiro atoms. The van der Waals surface area contributed by atoms with Crippen LogP contribution in [0.5, 0.6) is 0 Å². The molecule has 1 saturated heterocycles. The van der Waals surface area contributed by atoms with Gasteiger partial charge in [0.25, 0.3) is 5.91 Å². The van der Waals surface area contributed by atoms with Crippen LogP contribution < -0.4 is 0 Å². The third kappa shape index (κ3) is 3.10. The van der Waals surface area contributed by atoms with E-state index in [9.17, 15) is 9.59 Å². The summed E-state index contributed by atoms with van der Waals surface area (Å²) >= 11 is 1.35. The molecule has 6 nitrogen and oxygen atoms in total. The highest BCUT2D eigenvalue weighted by Gasteiger charge is 2.33. The van der Waals surface area contributed by atoms with E-state index in [2.05, 4.69) is 4.98 Å². The van der Waals surface area contributed by atoms with Gasteiger partial charge in [-0.1, -0.05) is 0 Å². The minimum Gasteiger partial charge on any atom is -0.480 e. The Morgan fingerprint density at radius 1 is 1.58 bits per heavy atom. The van der Waals surface area contributed by atoms with Crippen molar-refractivity contribution in [2.75, 3.05) is 13.7 Å². The molecule has 0 aliphatic carbocycles. The summed E-state index contributed by atoms with van der Waals surface area (Å²) in [4.78, 5) is 29.1. The van der Waals surface area contributed by atoms with Gasteiger partial charge >= 0.3 is 5.97 Å². The second-order valence-corrected chi connectivity index (χ2v) is 5.35. The maximum Gasteiger partial charge on any atom is 0.326 e. The number of piperidine rings is 1. The van der Waals surface area contributed by atoms with Gasteiger partial charge in [-0.3, -0.25) is 4.79 Å². The summed E-state index contributed by atoms with van der Waals surface area (Å²) in [6.07, 6.45) is 2.19. The molecule has 1 aliphatic rings. The molecule has 1 fully saturated rings. The third-order valence-electron chi connectivity index (χ3n) is 3.09. The van der Waals surface area contributed by atoms with Gasteiger partial charge in [-0.15, -0.1) is 11.3 Å². The molecule has 1 aromatic heterocycles. The van der Waals surface area contributed by atoms with Gasteiger partial charge in [0.1, 0.15) is 16.7 Å². The first-order valence-corrected chi connectivity index (χ1v) is 6.98. The van der Waals surface area contributed by atoms with Gasteiger partial charge in [0, 0.05) is 19.0 Å². The lowest BCUT2D eigenvalue weighted by Gasteiger charge is -2.32. The average molecular weight is 284 g/mol. The highest BCUT2D eigenvalue weighted by atomic mass is 32.1. The predicted molar refractivity (Wildman–Crippen MR) is 69.1 cm³/mol. The van der Waals surface area contributed by atoms with Crippen LogP contribution in [0.3, 0.4) is 0 Å². The van der Waals surface area contributed by atoms with E-state index in [1.807, 2.05) is 0 Å². The van der Waals surface area contributed by atoms with E-state index < -0.39 is 12.0 Å². The fourth-order valence-corrected chi connectivity index (χ4v) is 2.92. The molecule has 0 aromatic carbocycles. The smallest absolute Gasteiger partial charge is 0.326 e. The molecule has 1 aliphatic heterocycles. The molecular formula is C12H16N2O4S. The molecule has 2 rings (SSSR count). The summed E-state index contributed by atoms with van der Waals surface area (Å²) < 4.78 is 4.95. The van der Waals surface area contributed by atoms with E-state index in [1.54, 1.807) is 12.5 Å². The number of ether oxygens (including phenoxy) is 1.